The highest BCUT2D eigenvalue weighted by Gasteiger charge is 2.34. The number of hydrogen-bond acceptors (Lipinski definition) is 3. The molecule has 0 saturated carbocycles. The van der Waals surface area contributed by atoms with Gasteiger partial charge in [0.15, 0.2) is 0 Å². The molecule has 1 heterocycles. The second kappa shape index (κ2) is 7.33. The van der Waals surface area contributed by atoms with E-state index in [2.05, 4.69) is 5.32 Å². The quantitative estimate of drug-likeness (QED) is 0.677. The molecular weight excluding hydrogens is 246 g/mol. The van der Waals surface area contributed by atoms with Crippen LogP contribution >= 0.6 is 0 Å². The van der Waals surface area contributed by atoms with Crippen molar-refractivity contribution < 1.29 is 14.7 Å². The van der Waals surface area contributed by atoms with Crippen LogP contribution in [0.25, 0.3) is 0 Å². The Balaban J connectivity index is 2.81. The van der Waals surface area contributed by atoms with E-state index in [1.807, 2.05) is 13.8 Å². The summed E-state index contributed by atoms with van der Waals surface area (Å²) in [7, 11) is 0. The van der Waals surface area contributed by atoms with E-state index < -0.39 is 12.1 Å². The number of hydrogen-bond donors (Lipinski definition) is 3. The molecule has 6 nitrogen and oxygen atoms in total. The molecule has 0 aromatic heterocycles. The third-order valence-corrected chi connectivity index (χ3v) is 3.90. The summed E-state index contributed by atoms with van der Waals surface area (Å²) in [5.41, 5.74) is 5.15. The molecule has 4 N–H and O–H groups in total. The molecule has 1 saturated heterocycles. The Hall–Kier alpha value is -1.30. The Bertz CT molecular complexity index is 322. The van der Waals surface area contributed by atoms with Gasteiger partial charge in [0.25, 0.3) is 0 Å². The highest BCUT2D eigenvalue weighted by molar-refractivity contribution is 5.87. The molecule has 0 bridgehead atoms. The number of carbonyl (C=O) groups excluding carboxylic acids is 2. The van der Waals surface area contributed by atoms with Crippen molar-refractivity contribution in [3.05, 3.63) is 0 Å². The van der Waals surface area contributed by atoms with E-state index in [-0.39, 0.29) is 24.5 Å². The minimum atomic E-state index is -0.684. The summed E-state index contributed by atoms with van der Waals surface area (Å²) in [6.45, 7) is 4.48. The van der Waals surface area contributed by atoms with Crippen molar-refractivity contribution in [1.29, 1.82) is 0 Å². The predicted molar refractivity (Wildman–Crippen MR) is 72.4 cm³/mol. The Morgan fingerprint density at radius 3 is 2.68 bits per heavy atom. The first-order valence-corrected chi connectivity index (χ1v) is 6.98. The zero-order chi connectivity index (χ0) is 14.4. The minimum absolute atomic E-state index is 0.0151. The minimum Gasteiger partial charge on any atom is -0.394 e. The first-order valence-electron chi connectivity index (χ1n) is 6.98. The normalized spacial score (nSPS) is 22.7. The molecule has 3 atom stereocenters. The molecule has 19 heavy (non-hydrogen) atoms. The predicted octanol–water partition coefficient (Wildman–Crippen LogP) is 0.443. The highest BCUT2D eigenvalue weighted by Crippen LogP contribution is 2.20. The smallest absolute Gasteiger partial charge is 0.312 e. The van der Waals surface area contributed by atoms with E-state index in [0.717, 1.165) is 25.7 Å². The van der Waals surface area contributed by atoms with E-state index in [0.29, 0.717) is 6.54 Å². The van der Waals surface area contributed by atoms with Crippen molar-refractivity contribution >= 4 is 11.9 Å². The average Bonchev–Trinajstić information content (AvgIpc) is 2.42. The van der Waals surface area contributed by atoms with Gasteiger partial charge >= 0.3 is 6.03 Å². The van der Waals surface area contributed by atoms with Crippen LogP contribution < -0.4 is 11.1 Å². The fraction of sp³-hybridized carbons (Fsp3) is 0.846. The van der Waals surface area contributed by atoms with Crippen molar-refractivity contribution in [3.63, 3.8) is 0 Å². The molecule has 110 valence electrons. The van der Waals surface area contributed by atoms with Gasteiger partial charge in [0, 0.05) is 6.54 Å². The van der Waals surface area contributed by atoms with Crippen LogP contribution in [0.1, 0.15) is 39.5 Å². The van der Waals surface area contributed by atoms with Crippen molar-refractivity contribution in [1.82, 2.24) is 10.2 Å². The van der Waals surface area contributed by atoms with Gasteiger partial charge in [-0.05, 0) is 25.2 Å². The van der Waals surface area contributed by atoms with Crippen molar-refractivity contribution in [3.8, 4) is 0 Å². The number of rotatable bonds is 5. The van der Waals surface area contributed by atoms with E-state index in [9.17, 15) is 14.7 Å². The van der Waals surface area contributed by atoms with Crippen LogP contribution in [0.2, 0.25) is 0 Å². The molecular formula is C13H25N3O3. The van der Waals surface area contributed by atoms with Crippen LogP contribution in [0.15, 0.2) is 0 Å². The number of nitrogens with one attached hydrogen (secondary N) is 1. The molecule has 0 aromatic rings. The summed E-state index contributed by atoms with van der Waals surface area (Å²) in [5.74, 6) is -0.117. The number of aliphatic hydroxyl groups excluding tert-OH is 1. The number of amides is 3. The summed E-state index contributed by atoms with van der Waals surface area (Å²) in [5, 5.41) is 11.9. The Morgan fingerprint density at radius 1 is 1.47 bits per heavy atom. The lowest BCUT2D eigenvalue weighted by molar-refractivity contribution is -0.139. The molecule has 0 spiro atoms. The van der Waals surface area contributed by atoms with Crippen LogP contribution in [0, 0.1) is 5.92 Å². The molecule has 0 aliphatic carbocycles. The fourth-order valence-corrected chi connectivity index (χ4v) is 2.50. The summed E-state index contributed by atoms with van der Waals surface area (Å²) in [6, 6.07) is -1.42. The second-order valence-corrected chi connectivity index (χ2v) is 5.24. The maximum absolute atomic E-state index is 12.5. The first-order chi connectivity index (χ1) is 9.01. The Kier molecular flexibility index (Phi) is 6.08. The highest BCUT2D eigenvalue weighted by atomic mass is 16.3. The number of carbonyl (C=O) groups is 2. The van der Waals surface area contributed by atoms with Crippen molar-refractivity contribution in [2.24, 2.45) is 11.7 Å². The van der Waals surface area contributed by atoms with Gasteiger partial charge in [-0.1, -0.05) is 20.3 Å². The maximum atomic E-state index is 12.5. The zero-order valence-electron chi connectivity index (χ0n) is 11.8. The number of nitrogens with two attached hydrogens (primary N) is 1. The van der Waals surface area contributed by atoms with E-state index >= 15 is 0 Å². The fourth-order valence-electron chi connectivity index (χ4n) is 2.50. The lowest BCUT2D eigenvalue weighted by atomic mass is 9.95. The van der Waals surface area contributed by atoms with Gasteiger partial charge in [-0.2, -0.15) is 0 Å². The van der Waals surface area contributed by atoms with Gasteiger partial charge in [-0.25, -0.2) is 4.79 Å². The molecule has 0 aromatic carbocycles. The van der Waals surface area contributed by atoms with E-state index in [4.69, 9.17) is 5.73 Å². The topological polar surface area (TPSA) is 95.7 Å². The van der Waals surface area contributed by atoms with Gasteiger partial charge in [0.05, 0.1) is 12.6 Å². The van der Waals surface area contributed by atoms with E-state index in [1.54, 1.807) is 4.90 Å². The molecule has 1 fully saturated rings. The summed E-state index contributed by atoms with van der Waals surface area (Å²) >= 11 is 0. The number of nitrogens with zero attached hydrogens (tertiary/aromatic N) is 1. The molecule has 6 heteroatoms. The lowest BCUT2D eigenvalue weighted by Gasteiger charge is -2.38. The van der Waals surface area contributed by atoms with Crippen LogP contribution in [-0.2, 0) is 4.79 Å². The molecule has 3 amide bonds. The lowest BCUT2D eigenvalue weighted by Crippen LogP contribution is -2.57. The molecule has 1 rings (SSSR count). The molecule has 0 radical (unpaired) electrons. The molecule has 1 aliphatic rings. The van der Waals surface area contributed by atoms with Crippen LogP contribution in [0.5, 0.6) is 0 Å². The Morgan fingerprint density at radius 2 is 2.16 bits per heavy atom. The summed E-state index contributed by atoms with van der Waals surface area (Å²) in [6.07, 6.45) is 3.54. The standard InChI is InChI=1S/C13H25N3O3/c1-3-9(2)11(15-13(14)19)12(18)16-7-5-4-6-10(16)8-17/h9-11,17H,3-8H2,1-2H3,(H3,14,15,19). The van der Waals surface area contributed by atoms with Gasteiger partial charge < -0.3 is 21.1 Å². The van der Waals surface area contributed by atoms with Gasteiger partial charge in [0.1, 0.15) is 6.04 Å². The van der Waals surface area contributed by atoms with Gasteiger partial charge in [-0.15, -0.1) is 0 Å². The maximum Gasteiger partial charge on any atom is 0.312 e. The molecule has 3 unspecified atom stereocenters. The van der Waals surface area contributed by atoms with Crippen LogP contribution in [0.4, 0.5) is 4.79 Å². The summed E-state index contributed by atoms with van der Waals surface area (Å²) in [4.78, 5) is 25.3. The Labute approximate surface area is 114 Å². The van der Waals surface area contributed by atoms with E-state index in [1.165, 1.54) is 0 Å². The number of likely N-dealkylation sites (tertiary alicyclic amines) is 1. The third-order valence-electron chi connectivity index (χ3n) is 3.90. The zero-order valence-corrected chi connectivity index (χ0v) is 11.8. The third kappa shape index (κ3) is 4.09. The number of aliphatic hydroxyl groups is 1. The van der Waals surface area contributed by atoms with Crippen LogP contribution in [-0.4, -0.2) is 47.2 Å². The average molecular weight is 271 g/mol. The van der Waals surface area contributed by atoms with Crippen molar-refractivity contribution in [2.75, 3.05) is 13.2 Å². The number of piperidine rings is 1. The number of urea groups is 1. The largest absolute Gasteiger partial charge is 0.394 e. The van der Waals surface area contributed by atoms with Gasteiger partial charge in [-0.3, -0.25) is 4.79 Å². The monoisotopic (exact) mass is 271 g/mol. The number of primary amides is 1. The second-order valence-electron chi connectivity index (χ2n) is 5.24. The summed E-state index contributed by atoms with van der Waals surface area (Å²) < 4.78 is 0. The first kappa shape index (κ1) is 15.8. The SMILES string of the molecule is CCC(C)C(NC(N)=O)C(=O)N1CCCCC1CO. The van der Waals surface area contributed by atoms with Crippen molar-refractivity contribution in [2.45, 2.75) is 51.6 Å². The molecule has 1 aliphatic heterocycles. The van der Waals surface area contributed by atoms with Crippen LogP contribution in [0.3, 0.4) is 0 Å². The van der Waals surface area contributed by atoms with Gasteiger partial charge in [0.2, 0.25) is 5.91 Å².